The Labute approximate surface area is 223 Å². The molecule has 7 nitrogen and oxygen atoms in total. The zero-order valence-electron chi connectivity index (χ0n) is 23.3. The fourth-order valence-corrected chi connectivity index (χ4v) is 4.24. The average molecular weight is 521 g/mol. The molecule has 0 aromatic heterocycles. The number of rotatable bonds is 19. The number of methoxy groups -OCH3 is 1. The molecule has 0 unspecified atom stereocenters. The van der Waals surface area contributed by atoms with E-state index in [0.29, 0.717) is 25.9 Å². The van der Waals surface area contributed by atoms with Gasteiger partial charge in [-0.05, 0) is 82.9 Å². The molecule has 1 aromatic carbocycles. The third kappa shape index (κ3) is 13.3. The van der Waals surface area contributed by atoms with Gasteiger partial charge in [-0.25, -0.2) is 0 Å². The van der Waals surface area contributed by atoms with Crippen molar-refractivity contribution < 1.29 is 34.3 Å². The molecular weight excluding hydrogens is 472 g/mol. The highest BCUT2D eigenvalue weighted by atomic mass is 16.5. The third-order valence-electron chi connectivity index (χ3n) is 6.78. The molecule has 0 aliphatic heterocycles. The number of allylic oxidation sites excluding steroid dienone is 2. The molecule has 3 N–H and O–H groups in total. The van der Waals surface area contributed by atoms with Gasteiger partial charge in [0, 0.05) is 0 Å². The van der Waals surface area contributed by atoms with Crippen molar-refractivity contribution in [1.82, 2.24) is 0 Å². The molecule has 0 heterocycles. The predicted molar refractivity (Wildman–Crippen MR) is 146 cm³/mol. The van der Waals surface area contributed by atoms with Crippen LogP contribution in [0.25, 0.3) is 0 Å². The molecule has 1 aromatic rings. The van der Waals surface area contributed by atoms with E-state index in [1.807, 2.05) is 51.1 Å². The molecule has 0 saturated heterocycles. The summed E-state index contributed by atoms with van der Waals surface area (Å²) in [5.74, 6) is -0.159. The second-order valence-corrected chi connectivity index (χ2v) is 9.99. The van der Waals surface area contributed by atoms with Crippen LogP contribution in [-0.4, -0.2) is 59.4 Å². The number of hydrogen-bond donors (Lipinski definition) is 3. The highest BCUT2D eigenvalue weighted by molar-refractivity contribution is 5.72. The Kier molecular flexibility index (Phi) is 16.1. The van der Waals surface area contributed by atoms with Crippen molar-refractivity contribution in [1.29, 1.82) is 0 Å². The molecular formula is C30H48O7. The lowest BCUT2D eigenvalue weighted by atomic mass is 9.88. The fourth-order valence-electron chi connectivity index (χ4n) is 4.24. The minimum absolute atomic E-state index is 0.0503. The van der Waals surface area contributed by atoms with E-state index in [1.54, 1.807) is 14.0 Å². The second-order valence-electron chi connectivity index (χ2n) is 9.99. The normalized spacial score (nSPS) is 16.8. The quantitative estimate of drug-likeness (QED) is 0.175. The molecule has 210 valence electrons. The standard InChI is InChI=1S/C30H48O7/c1-7-17-36-30(34)23(5)29(37-20-24-11-15-28(35-6)16-12-24)22(4)10-14-26(32)19-27(33)18-25(31)13-9-21(3)8-2/h7-8,11-12,15-16,22-23,25-27,29,31-33H,1,9-10,13-14,17-20H2,2-6H3/b21-8+/t22-,23+,25+,26+,27+,29+/m1/s1. The third-order valence-corrected chi connectivity index (χ3v) is 6.78. The van der Waals surface area contributed by atoms with Crippen molar-refractivity contribution in [3.05, 3.63) is 54.1 Å². The van der Waals surface area contributed by atoms with Gasteiger partial charge in [-0.15, -0.1) is 0 Å². The van der Waals surface area contributed by atoms with Gasteiger partial charge in [0.2, 0.25) is 0 Å². The predicted octanol–water partition coefficient (Wildman–Crippen LogP) is 4.97. The summed E-state index contributed by atoms with van der Waals surface area (Å²) in [6, 6.07) is 7.56. The lowest BCUT2D eigenvalue weighted by Crippen LogP contribution is -2.35. The van der Waals surface area contributed by atoms with Crippen molar-refractivity contribution in [2.24, 2.45) is 11.8 Å². The van der Waals surface area contributed by atoms with E-state index in [9.17, 15) is 20.1 Å². The highest BCUT2D eigenvalue weighted by Gasteiger charge is 2.31. The van der Waals surface area contributed by atoms with Crippen LogP contribution < -0.4 is 4.74 Å². The van der Waals surface area contributed by atoms with Gasteiger partial charge in [0.25, 0.3) is 0 Å². The van der Waals surface area contributed by atoms with E-state index < -0.39 is 30.3 Å². The SMILES string of the molecule is C=CCOC(=O)[C@@H](C)[C@@H](OCc1ccc(OC)cc1)[C@H](C)CC[C@H](O)C[C@@H](O)C[C@@H](O)CC/C(C)=C/C. The Balaban J connectivity index is 2.67. The van der Waals surface area contributed by atoms with Gasteiger partial charge in [0.05, 0.1) is 44.1 Å². The average Bonchev–Trinajstić information content (AvgIpc) is 2.89. The number of hydrogen-bond acceptors (Lipinski definition) is 7. The van der Waals surface area contributed by atoms with E-state index in [2.05, 4.69) is 6.58 Å². The number of carbonyl (C=O) groups excluding carboxylic acids is 1. The number of esters is 1. The Hall–Kier alpha value is -2.19. The van der Waals surface area contributed by atoms with Crippen molar-refractivity contribution in [3.8, 4) is 5.75 Å². The molecule has 0 radical (unpaired) electrons. The van der Waals surface area contributed by atoms with Crippen LogP contribution in [0.3, 0.4) is 0 Å². The van der Waals surface area contributed by atoms with Gasteiger partial charge in [0.15, 0.2) is 0 Å². The number of benzene rings is 1. The second kappa shape index (κ2) is 18.1. The number of aliphatic hydroxyl groups is 3. The molecule has 7 heteroatoms. The number of ether oxygens (including phenoxy) is 3. The van der Waals surface area contributed by atoms with Crippen LogP contribution in [0, 0.1) is 11.8 Å². The van der Waals surface area contributed by atoms with Crippen molar-refractivity contribution in [2.45, 2.75) is 97.2 Å². The van der Waals surface area contributed by atoms with E-state index >= 15 is 0 Å². The fraction of sp³-hybridized carbons (Fsp3) is 0.633. The molecule has 6 atom stereocenters. The Bertz CT molecular complexity index is 805. The largest absolute Gasteiger partial charge is 0.497 e. The summed E-state index contributed by atoms with van der Waals surface area (Å²) < 4.78 is 16.7. The summed E-state index contributed by atoms with van der Waals surface area (Å²) in [4.78, 5) is 12.6. The number of aliphatic hydroxyl groups excluding tert-OH is 3. The summed E-state index contributed by atoms with van der Waals surface area (Å²) in [7, 11) is 1.61. The molecule has 0 amide bonds. The lowest BCUT2D eigenvalue weighted by molar-refractivity contribution is -0.155. The minimum Gasteiger partial charge on any atom is -0.497 e. The molecule has 0 aliphatic rings. The van der Waals surface area contributed by atoms with Gasteiger partial charge in [-0.3, -0.25) is 4.79 Å². The smallest absolute Gasteiger partial charge is 0.311 e. The van der Waals surface area contributed by atoms with Crippen molar-refractivity contribution in [3.63, 3.8) is 0 Å². The van der Waals surface area contributed by atoms with Gasteiger partial charge >= 0.3 is 5.97 Å². The lowest BCUT2D eigenvalue weighted by Gasteiger charge is -2.29. The van der Waals surface area contributed by atoms with Crippen LogP contribution in [0.4, 0.5) is 0 Å². The maximum atomic E-state index is 12.6. The minimum atomic E-state index is -0.777. The van der Waals surface area contributed by atoms with Crippen LogP contribution in [0.5, 0.6) is 5.75 Å². The van der Waals surface area contributed by atoms with Gasteiger partial charge in [-0.2, -0.15) is 0 Å². The van der Waals surface area contributed by atoms with Crippen molar-refractivity contribution in [2.75, 3.05) is 13.7 Å². The maximum Gasteiger partial charge on any atom is 0.311 e. The van der Waals surface area contributed by atoms with Gasteiger partial charge in [-0.1, -0.05) is 43.4 Å². The Morgan fingerprint density at radius 2 is 1.62 bits per heavy atom. The van der Waals surface area contributed by atoms with Crippen LogP contribution in [-0.2, 0) is 20.9 Å². The zero-order valence-corrected chi connectivity index (χ0v) is 23.3. The molecule has 1 rings (SSSR count). The van der Waals surface area contributed by atoms with Crippen molar-refractivity contribution >= 4 is 5.97 Å². The molecule has 0 aliphatic carbocycles. The topological polar surface area (TPSA) is 105 Å². The van der Waals surface area contributed by atoms with Crippen LogP contribution in [0.15, 0.2) is 48.6 Å². The van der Waals surface area contributed by atoms with E-state index in [0.717, 1.165) is 17.7 Å². The molecule has 0 fully saturated rings. The first kappa shape index (κ1) is 32.8. The van der Waals surface area contributed by atoms with Gasteiger partial charge < -0.3 is 29.5 Å². The van der Waals surface area contributed by atoms with Gasteiger partial charge in [0.1, 0.15) is 12.4 Å². The summed E-state index contributed by atoms with van der Waals surface area (Å²) in [5.41, 5.74) is 2.16. The Morgan fingerprint density at radius 1 is 1.00 bits per heavy atom. The molecule has 0 bridgehead atoms. The first-order valence-corrected chi connectivity index (χ1v) is 13.3. The van der Waals surface area contributed by atoms with Crippen LogP contribution in [0.1, 0.15) is 71.8 Å². The maximum absolute atomic E-state index is 12.6. The van der Waals surface area contributed by atoms with Crippen LogP contribution in [0.2, 0.25) is 0 Å². The first-order valence-electron chi connectivity index (χ1n) is 13.3. The highest BCUT2D eigenvalue weighted by Crippen LogP contribution is 2.26. The zero-order chi connectivity index (χ0) is 27.8. The summed E-state index contributed by atoms with van der Waals surface area (Å²) in [6.07, 6.45) is 3.89. The summed E-state index contributed by atoms with van der Waals surface area (Å²) in [6.45, 7) is 11.8. The molecule has 0 saturated carbocycles. The summed E-state index contributed by atoms with van der Waals surface area (Å²) >= 11 is 0. The van der Waals surface area contributed by atoms with E-state index in [-0.39, 0.29) is 31.3 Å². The first-order chi connectivity index (χ1) is 17.6. The molecule has 37 heavy (non-hydrogen) atoms. The van der Waals surface area contributed by atoms with E-state index in [1.165, 1.54) is 11.6 Å². The number of carbonyl (C=O) groups is 1. The molecule has 0 spiro atoms. The van der Waals surface area contributed by atoms with Crippen LogP contribution >= 0.6 is 0 Å². The Morgan fingerprint density at radius 3 is 2.19 bits per heavy atom. The monoisotopic (exact) mass is 520 g/mol. The summed E-state index contributed by atoms with van der Waals surface area (Å²) in [5, 5.41) is 31.1. The van der Waals surface area contributed by atoms with E-state index in [4.69, 9.17) is 14.2 Å².